The third kappa shape index (κ3) is 1.46. The lowest BCUT2D eigenvalue weighted by atomic mass is 10.2. The predicted octanol–water partition coefficient (Wildman–Crippen LogP) is -1.15. The van der Waals surface area contributed by atoms with Crippen LogP contribution in [0.2, 0.25) is 0 Å². The fourth-order valence-corrected chi connectivity index (χ4v) is 1.10. The summed E-state index contributed by atoms with van der Waals surface area (Å²) in [6, 6.07) is -0.190. The number of carbonyl (C=O) groups is 1. The van der Waals surface area contributed by atoms with E-state index < -0.39 is 0 Å². The monoisotopic (exact) mass is 144 g/mol. The fourth-order valence-electron chi connectivity index (χ4n) is 1.10. The predicted molar refractivity (Wildman–Crippen MR) is 36.4 cm³/mol. The highest BCUT2D eigenvalue weighted by Crippen LogP contribution is 2.08. The maximum Gasteiger partial charge on any atom is 0.234 e. The zero-order valence-corrected chi connectivity index (χ0v) is 5.96. The Balaban J connectivity index is 2.35. The van der Waals surface area contributed by atoms with Crippen LogP contribution in [0.5, 0.6) is 0 Å². The van der Waals surface area contributed by atoms with Gasteiger partial charge in [-0.15, -0.1) is 0 Å². The van der Waals surface area contributed by atoms with Gasteiger partial charge in [0.15, 0.2) is 0 Å². The summed E-state index contributed by atoms with van der Waals surface area (Å²) in [5.74, 6) is -0.292. The van der Waals surface area contributed by atoms with Gasteiger partial charge in [0.1, 0.15) is 0 Å². The Bertz CT molecular complexity index is 138. The van der Waals surface area contributed by atoms with Crippen LogP contribution < -0.4 is 11.1 Å². The number of nitrogens with two attached hydrogens (primary N) is 1. The molecular weight excluding hydrogens is 132 g/mol. The number of hydrogen-bond acceptors (Lipinski definition) is 3. The summed E-state index contributed by atoms with van der Waals surface area (Å²) in [7, 11) is 1.63. The van der Waals surface area contributed by atoms with Crippen molar-refractivity contribution in [2.75, 3.05) is 13.7 Å². The first-order valence-electron chi connectivity index (χ1n) is 3.29. The second-order valence-electron chi connectivity index (χ2n) is 2.46. The smallest absolute Gasteiger partial charge is 0.234 e. The van der Waals surface area contributed by atoms with Gasteiger partial charge in [0, 0.05) is 13.7 Å². The number of methoxy groups -OCH3 is 1. The lowest BCUT2D eigenvalue weighted by Crippen LogP contribution is -2.36. The van der Waals surface area contributed by atoms with Crippen molar-refractivity contribution in [3.05, 3.63) is 0 Å². The molecule has 1 amide bonds. The van der Waals surface area contributed by atoms with E-state index in [4.69, 9.17) is 10.5 Å². The summed E-state index contributed by atoms with van der Waals surface area (Å²) in [6.07, 6.45) is 0.851. The molecule has 4 nitrogen and oxygen atoms in total. The number of nitrogens with one attached hydrogen (secondary N) is 1. The first kappa shape index (κ1) is 7.50. The van der Waals surface area contributed by atoms with Crippen LogP contribution in [0.15, 0.2) is 0 Å². The standard InChI is InChI=1S/C6H12N2O2/c1-10-4-2-5(6(7)9)8-3-4/h4-5,8H,2-3H2,1H3,(H2,7,9). The average Bonchev–Trinajstić information content (AvgIpc) is 2.34. The van der Waals surface area contributed by atoms with Gasteiger partial charge in [-0.2, -0.15) is 0 Å². The van der Waals surface area contributed by atoms with E-state index in [1.807, 2.05) is 0 Å². The molecule has 3 N–H and O–H groups in total. The van der Waals surface area contributed by atoms with Crippen LogP contribution >= 0.6 is 0 Å². The Labute approximate surface area is 59.7 Å². The molecule has 1 aliphatic rings. The molecule has 0 saturated carbocycles. The van der Waals surface area contributed by atoms with E-state index in [1.54, 1.807) is 7.11 Å². The summed E-state index contributed by atoms with van der Waals surface area (Å²) in [5.41, 5.74) is 5.06. The minimum atomic E-state index is -0.292. The van der Waals surface area contributed by atoms with Crippen molar-refractivity contribution in [1.29, 1.82) is 0 Å². The third-order valence-corrected chi connectivity index (χ3v) is 1.77. The molecule has 1 aliphatic heterocycles. The zero-order chi connectivity index (χ0) is 7.56. The zero-order valence-electron chi connectivity index (χ0n) is 5.96. The Hall–Kier alpha value is -0.610. The van der Waals surface area contributed by atoms with E-state index in [9.17, 15) is 4.79 Å². The molecule has 0 spiro atoms. The molecule has 0 aromatic rings. The van der Waals surface area contributed by atoms with Crippen molar-refractivity contribution in [3.8, 4) is 0 Å². The van der Waals surface area contributed by atoms with Gasteiger partial charge in [-0.1, -0.05) is 0 Å². The Morgan fingerprint density at radius 1 is 1.80 bits per heavy atom. The molecule has 10 heavy (non-hydrogen) atoms. The fraction of sp³-hybridized carbons (Fsp3) is 0.833. The van der Waals surface area contributed by atoms with Crippen molar-refractivity contribution < 1.29 is 9.53 Å². The molecule has 1 fully saturated rings. The van der Waals surface area contributed by atoms with Crippen molar-refractivity contribution in [3.63, 3.8) is 0 Å². The Morgan fingerprint density at radius 2 is 2.50 bits per heavy atom. The number of amides is 1. The van der Waals surface area contributed by atoms with Gasteiger partial charge in [-0.3, -0.25) is 4.79 Å². The first-order chi connectivity index (χ1) is 4.74. The molecule has 1 saturated heterocycles. The van der Waals surface area contributed by atoms with E-state index in [0.717, 1.165) is 6.54 Å². The average molecular weight is 144 g/mol. The van der Waals surface area contributed by atoms with Crippen molar-refractivity contribution in [2.24, 2.45) is 5.73 Å². The SMILES string of the molecule is COC1CNC(C(N)=O)C1. The maximum atomic E-state index is 10.6. The molecule has 2 atom stereocenters. The van der Waals surface area contributed by atoms with Gasteiger partial charge in [0.05, 0.1) is 12.1 Å². The molecule has 0 aromatic heterocycles. The molecule has 1 rings (SSSR count). The summed E-state index contributed by atoms with van der Waals surface area (Å²) >= 11 is 0. The Morgan fingerprint density at radius 3 is 2.80 bits per heavy atom. The van der Waals surface area contributed by atoms with Crippen LogP contribution in [0.1, 0.15) is 6.42 Å². The van der Waals surface area contributed by atoms with Crippen LogP contribution in [-0.2, 0) is 9.53 Å². The van der Waals surface area contributed by atoms with Crippen LogP contribution in [0, 0.1) is 0 Å². The second-order valence-corrected chi connectivity index (χ2v) is 2.46. The highest BCUT2D eigenvalue weighted by atomic mass is 16.5. The number of rotatable bonds is 2. The Kier molecular flexibility index (Phi) is 2.24. The summed E-state index contributed by atoms with van der Waals surface area (Å²) in [6.45, 7) is 0.726. The first-order valence-corrected chi connectivity index (χ1v) is 3.29. The van der Waals surface area contributed by atoms with Gasteiger partial charge < -0.3 is 15.8 Å². The molecule has 0 radical (unpaired) electrons. The quantitative estimate of drug-likeness (QED) is 0.514. The van der Waals surface area contributed by atoms with Gasteiger partial charge >= 0.3 is 0 Å². The van der Waals surface area contributed by atoms with Crippen molar-refractivity contribution in [1.82, 2.24) is 5.32 Å². The van der Waals surface area contributed by atoms with Crippen molar-refractivity contribution in [2.45, 2.75) is 18.6 Å². The molecule has 0 bridgehead atoms. The van der Waals surface area contributed by atoms with E-state index in [-0.39, 0.29) is 18.1 Å². The van der Waals surface area contributed by atoms with Gasteiger partial charge in [-0.05, 0) is 6.42 Å². The summed E-state index contributed by atoms with van der Waals surface area (Å²) in [5, 5.41) is 2.96. The van der Waals surface area contributed by atoms with Gasteiger partial charge in [0.2, 0.25) is 5.91 Å². The van der Waals surface area contributed by atoms with Gasteiger partial charge in [0.25, 0.3) is 0 Å². The van der Waals surface area contributed by atoms with Crippen LogP contribution in [0.3, 0.4) is 0 Å². The normalized spacial score (nSPS) is 32.5. The molecule has 1 heterocycles. The summed E-state index contributed by atoms with van der Waals surface area (Å²) < 4.78 is 5.02. The topological polar surface area (TPSA) is 64.3 Å². The lowest BCUT2D eigenvalue weighted by molar-refractivity contribution is -0.119. The minimum absolute atomic E-state index is 0.150. The highest BCUT2D eigenvalue weighted by Gasteiger charge is 2.27. The molecule has 0 aromatic carbocycles. The molecule has 58 valence electrons. The van der Waals surface area contributed by atoms with Crippen LogP contribution in [0.25, 0.3) is 0 Å². The molecule has 0 aliphatic carbocycles. The largest absolute Gasteiger partial charge is 0.380 e. The van der Waals surface area contributed by atoms with E-state index in [2.05, 4.69) is 5.32 Å². The maximum absolute atomic E-state index is 10.6. The van der Waals surface area contributed by atoms with Crippen LogP contribution in [-0.4, -0.2) is 31.7 Å². The number of ether oxygens (including phenoxy) is 1. The molecular formula is C6H12N2O2. The van der Waals surface area contributed by atoms with Crippen molar-refractivity contribution >= 4 is 5.91 Å². The van der Waals surface area contributed by atoms with E-state index in [0.29, 0.717) is 6.42 Å². The number of primary amides is 1. The lowest BCUT2D eigenvalue weighted by Gasteiger charge is -2.04. The summed E-state index contributed by atoms with van der Waals surface area (Å²) in [4.78, 5) is 10.6. The van der Waals surface area contributed by atoms with E-state index in [1.165, 1.54) is 0 Å². The third-order valence-electron chi connectivity index (χ3n) is 1.77. The van der Waals surface area contributed by atoms with E-state index >= 15 is 0 Å². The van der Waals surface area contributed by atoms with Crippen LogP contribution in [0.4, 0.5) is 0 Å². The number of hydrogen-bond donors (Lipinski definition) is 2. The highest BCUT2D eigenvalue weighted by molar-refractivity contribution is 5.80. The molecule has 4 heteroatoms. The second kappa shape index (κ2) is 2.98. The minimum Gasteiger partial charge on any atom is -0.380 e. The molecule has 2 unspecified atom stereocenters. The van der Waals surface area contributed by atoms with Gasteiger partial charge in [-0.25, -0.2) is 0 Å². The number of carbonyl (C=O) groups excluding carboxylic acids is 1.